The van der Waals surface area contributed by atoms with Crippen LogP contribution in [0.15, 0.2) is 0 Å². The molecule has 11 heavy (non-hydrogen) atoms. The van der Waals surface area contributed by atoms with E-state index >= 15 is 0 Å². The Kier molecular flexibility index (Phi) is 3.19. The molecular formula is C7H12O4. The molecule has 0 aromatic carbocycles. The third-order valence-corrected chi connectivity index (χ3v) is 1.60. The van der Waals surface area contributed by atoms with E-state index in [2.05, 4.69) is 0 Å². The van der Waals surface area contributed by atoms with Crippen LogP contribution in [0.25, 0.3) is 0 Å². The first-order valence-corrected chi connectivity index (χ1v) is 3.37. The molecule has 0 aliphatic rings. The van der Waals surface area contributed by atoms with Crippen molar-refractivity contribution in [3.8, 4) is 0 Å². The third kappa shape index (κ3) is 3.13. The van der Waals surface area contributed by atoms with Gasteiger partial charge in [0.05, 0.1) is 0 Å². The Morgan fingerprint density at radius 3 is 2.18 bits per heavy atom. The number of aliphatic carboxylic acids is 1. The molecule has 0 bridgehead atoms. The SMILES string of the molecule is CCC(C)(O)C(=O)CC(=O)O. The van der Waals surface area contributed by atoms with E-state index in [4.69, 9.17) is 5.11 Å². The minimum Gasteiger partial charge on any atom is -0.481 e. The van der Waals surface area contributed by atoms with Crippen LogP contribution in [0.5, 0.6) is 0 Å². The van der Waals surface area contributed by atoms with Gasteiger partial charge in [-0.2, -0.15) is 0 Å². The maximum Gasteiger partial charge on any atom is 0.310 e. The molecule has 4 heteroatoms. The van der Waals surface area contributed by atoms with Gasteiger partial charge in [0.15, 0.2) is 5.78 Å². The number of carboxylic acids is 1. The van der Waals surface area contributed by atoms with Gasteiger partial charge in [-0.25, -0.2) is 0 Å². The van der Waals surface area contributed by atoms with E-state index in [9.17, 15) is 14.7 Å². The van der Waals surface area contributed by atoms with Gasteiger partial charge in [-0.1, -0.05) is 6.92 Å². The van der Waals surface area contributed by atoms with Crippen molar-refractivity contribution in [2.24, 2.45) is 0 Å². The van der Waals surface area contributed by atoms with Crippen LogP contribution < -0.4 is 0 Å². The van der Waals surface area contributed by atoms with Gasteiger partial charge in [-0.15, -0.1) is 0 Å². The zero-order valence-electron chi connectivity index (χ0n) is 6.63. The molecule has 64 valence electrons. The second kappa shape index (κ2) is 3.48. The summed E-state index contributed by atoms with van der Waals surface area (Å²) in [4.78, 5) is 20.9. The van der Waals surface area contributed by atoms with Crippen molar-refractivity contribution in [3.05, 3.63) is 0 Å². The van der Waals surface area contributed by atoms with E-state index in [0.29, 0.717) is 0 Å². The zero-order chi connectivity index (χ0) is 9.07. The number of ketones is 1. The maximum atomic E-state index is 10.9. The van der Waals surface area contributed by atoms with Crippen molar-refractivity contribution < 1.29 is 19.8 Å². The van der Waals surface area contributed by atoms with E-state index in [1.807, 2.05) is 0 Å². The van der Waals surface area contributed by atoms with Crippen molar-refractivity contribution in [3.63, 3.8) is 0 Å². The second-order valence-electron chi connectivity index (χ2n) is 2.62. The van der Waals surface area contributed by atoms with E-state index in [0.717, 1.165) is 0 Å². The first-order valence-electron chi connectivity index (χ1n) is 3.37. The molecule has 4 nitrogen and oxygen atoms in total. The van der Waals surface area contributed by atoms with Crippen LogP contribution in [0.1, 0.15) is 26.7 Å². The van der Waals surface area contributed by atoms with Crippen LogP contribution >= 0.6 is 0 Å². The molecule has 0 spiro atoms. The lowest BCUT2D eigenvalue weighted by atomic mass is 9.96. The molecule has 0 aromatic heterocycles. The molecule has 0 rings (SSSR count). The number of carbonyl (C=O) groups excluding carboxylic acids is 1. The molecule has 1 atom stereocenters. The first-order chi connectivity index (χ1) is 4.90. The fourth-order valence-corrected chi connectivity index (χ4v) is 0.525. The highest BCUT2D eigenvalue weighted by Gasteiger charge is 2.28. The van der Waals surface area contributed by atoms with Crippen molar-refractivity contribution >= 4 is 11.8 Å². The van der Waals surface area contributed by atoms with Crippen LogP contribution in [0, 0.1) is 0 Å². The van der Waals surface area contributed by atoms with E-state index in [-0.39, 0.29) is 6.42 Å². The zero-order valence-corrected chi connectivity index (χ0v) is 6.63. The van der Waals surface area contributed by atoms with E-state index in [1.165, 1.54) is 6.92 Å². The highest BCUT2D eigenvalue weighted by Crippen LogP contribution is 2.11. The highest BCUT2D eigenvalue weighted by molar-refractivity contribution is 5.99. The molecule has 0 saturated carbocycles. The molecule has 0 aliphatic heterocycles. The molecule has 0 aliphatic carbocycles. The minimum atomic E-state index is -1.49. The van der Waals surface area contributed by atoms with Crippen LogP contribution in [0.4, 0.5) is 0 Å². The predicted octanol–water partition coefficient (Wildman–Crippen LogP) is 0.191. The number of aliphatic hydroxyl groups is 1. The number of Topliss-reactive ketones (excluding diaryl/α,β-unsaturated/α-hetero) is 1. The Labute approximate surface area is 64.8 Å². The average molecular weight is 160 g/mol. The van der Waals surface area contributed by atoms with E-state index in [1.54, 1.807) is 6.92 Å². The van der Waals surface area contributed by atoms with Gasteiger partial charge < -0.3 is 10.2 Å². The van der Waals surface area contributed by atoms with Gasteiger partial charge in [0.1, 0.15) is 12.0 Å². The van der Waals surface area contributed by atoms with Crippen molar-refractivity contribution in [1.29, 1.82) is 0 Å². The summed E-state index contributed by atoms with van der Waals surface area (Å²) in [6.07, 6.45) is -0.375. The molecule has 0 radical (unpaired) electrons. The lowest BCUT2D eigenvalue weighted by Crippen LogP contribution is -2.35. The Morgan fingerprint density at radius 2 is 1.91 bits per heavy atom. The summed E-state index contributed by atoms with van der Waals surface area (Å²) < 4.78 is 0. The predicted molar refractivity (Wildman–Crippen MR) is 38.2 cm³/mol. The normalized spacial score (nSPS) is 15.5. The number of hydrogen-bond acceptors (Lipinski definition) is 3. The Morgan fingerprint density at radius 1 is 1.45 bits per heavy atom. The summed E-state index contributed by atoms with van der Waals surface area (Å²) >= 11 is 0. The fraction of sp³-hybridized carbons (Fsp3) is 0.714. The van der Waals surface area contributed by atoms with Gasteiger partial charge in [0.25, 0.3) is 0 Å². The van der Waals surface area contributed by atoms with Crippen molar-refractivity contribution in [2.45, 2.75) is 32.3 Å². The van der Waals surface area contributed by atoms with Crippen molar-refractivity contribution in [1.82, 2.24) is 0 Å². The summed E-state index contributed by atoms with van der Waals surface area (Å²) in [5.41, 5.74) is -1.49. The minimum absolute atomic E-state index is 0.235. The van der Waals surface area contributed by atoms with Crippen LogP contribution in [-0.2, 0) is 9.59 Å². The summed E-state index contributed by atoms with van der Waals surface area (Å²) in [5, 5.41) is 17.4. The first kappa shape index (κ1) is 10.1. The Bertz CT molecular complexity index is 171. The lowest BCUT2D eigenvalue weighted by Gasteiger charge is -2.17. The number of carboxylic acid groups (broad SMARTS) is 1. The fourth-order valence-electron chi connectivity index (χ4n) is 0.525. The maximum absolute atomic E-state index is 10.9. The summed E-state index contributed by atoms with van der Waals surface area (Å²) in [6.45, 7) is 2.94. The van der Waals surface area contributed by atoms with Gasteiger partial charge in [-0.3, -0.25) is 9.59 Å². The topological polar surface area (TPSA) is 74.6 Å². The number of carbonyl (C=O) groups is 2. The largest absolute Gasteiger partial charge is 0.481 e. The number of hydrogen-bond donors (Lipinski definition) is 2. The molecule has 0 heterocycles. The van der Waals surface area contributed by atoms with Gasteiger partial charge in [0, 0.05) is 0 Å². The van der Waals surface area contributed by atoms with Crippen molar-refractivity contribution in [2.75, 3.05) is 0 Å². The smallest absolute Gasteiger partial charge is 0.310 e. The molecule has 1 unspecified atom stereocenters. The molecule has 0 amide bonds. The van der Waals surface area contributed by atoms with Gasteiger partial charge >= 0.3 is 5.97 Å². The van der Waals surface area contributed by atoms with Crippen LogP contribution in [0.2, 0.25) is 0 Å². The van der Waals surface area contributed by atoms with Gasteiger partial charge in [-0.05, 0) is 13.3 Å². The average Bonchev–Trinajstić information content (AvgIpc) is 1.86. The monoisotopic (exact) mass is 160 g/mol. The number of rotatable bonds is 4. The Balaban J connectivity index is 4.13. The quantitative estimate of drug-likeness (QED) is 0.576. The lowest BCUT2D eigenvalue weighted by molar-refractivity contribution is -0.146. The molecule has 0 fully saturated rings. The summed E-state index contributed by atoms with van der Waals surface area (Å²) in [6, 6.07) is 0. The van der Waals surface area contributed by atoms with Crippen LogP contribution in [-0.4, -0.2) is 27.6 Å². The molecule has 0 aromatic rings. The van der Waals surface area contributed by atoms with E-state index < -0.39 is 23.8 Å². The highest BCUT2D eigenvalue weighted by atomic mass is 16.4. The Hall–Kier alpha value is -0.900. The summed E-state index contributed by atoms with van der Waals surface area (Å²) in [5.74, 6) is -1.85. The third-order valence-electron chi connectivity index (χ3n) is 1.60. The van der Waals surface area contributed by atoms with Gasteiger partial charge in [0.2, 0.25) is 0 Å². The molecule has 0 saturated heterocycles. The standard InChI is InChI=1S/C7H12O4/c1-3-7(2,11)5(8)4-6(9)10/h11H,3-4H2,1-2H3,(H,9,10). The molecular weight excluding hydrogens is 148 g/mol. The second-order valence-corrected chi connectivity index (χ2v) is 2.62. The van der Waals surface area contributed by atoms with Crippen LogP contribution in [0.3, 0.4) is 0 Å². The summed E-state index contributed by atoms with van der Waals surface area (Å²) in [7, 11) is 0. The molecule has 2 N–H and O–H groups in total.